The second-order valence-electron chi connectivity index (χ2n) is 13.6. The van der Waals surface area contributed by atoms with Crippen LogP contribution in [0.5, 0.6) is 0 Å². The first-order valence-corrected chi connectivity index (χ1v) is 18.5. The molecule has 0 spiro atoms. The predicted octanol–water partition coefficient (Wildman–Crippen LogP) is 14.9. The third-order valence-corrected chi connectivity index (χ3v) is 10.2. The van der Waals surface area contributed by atoms with E-state index in [0.717, 1.165) is 49.7 Å². The minimum Gasteiger partial charge on any atom is -0.311 e. The van der Waals surface area contributed by atoms with Crippen LogP contribution in [0, 0.1) is 0 Å². The highest BCUT2D eigenvalue weighted by Crippen LogP contribution is 2.39. The molecule has 2 nitrogen and oxygen atoms in total. The van der Waals surface area contributed by atoms with Crippen LogP contribution in [0.25, 0.3) is 72.0 Å². The van der Waals surface area contributed by atoms with Gasteiger partial charge in [0, 0.05) is 33.5 Å². The van der Waals surface area contributed by atoms with E-state index in [1.807, 2.05) is 115 Å². The van der Waals surface area contributed by atoms with E-state index >= 15 is 0 Å². The second-order valence-corrected chi connectivity index (χ2v) is 13.6. The van der Waals surface area contributed by atoms with Gasteiger partial charge in [-0.3, -0.25) is 0 Å². The first-order valence-electron chi connectivity index (χ1n) is 22.5. The lowest BCUT2D eigenvalue weighted by Crippen LogP contribution is -2.09. The number of nitrogens with zero attached hydrogens (tertiary/aromatic N) is 2. The van der Waals surface area contributed by atoms with Crippen molar-refractivity contribution >= 4 is 38.9 Å². The highest BCUT2D eigenvalue weighted by Gasteiger charge is 2.15. The smallest absolute Gasteiger partial charge is 0.0645 e. The number of hydrogen-bond acceptors (Lipinski definition) is 1. The van der Waals surface area contributed by atoms with E-state index < -0.39 is 12.1 Å². The van der Waals surface area contributed by atoms with Gasteiger partial charge in [-0.2, -0.15) is 0 Å². The molecule has 0 aliphatic carbocycles. The molecule has 9 aromatic carbocycles. The Bertz CT molecular complexity index is 3290. The van der Waals surface area contributed by atoms with Gasteiger partial charge in [0.05, 0.1) is 22.0 Å². The van der Waals surface area contributed by atoms with Crippen LogP contribution in [-0.2, 0) is 0 Å². The molecule has 0 aliphatic rings. The molecule has 0 atom stereocenters. The van der Waals surface area contributed by atoms with Gasteiger partial charge in [-0.1, -0.05) is 170 Å². The van der Waals surface area contributed by atoms with E-state index in [1.54, 1.807) is 42.5 Å². The Balaban J connectivity index is 1.14. The molecule has 0 fully saturated rings. The summed E-state index contributed by atoms with van der Waals surface area (Å²) in [5.41, 5.74) is 7.86. The van der Waals surface area contributed by atoms with E-state index in [0.29, 0.717) is 16.8 Å². The Morgan fingerprint density at radius 1 is 0.304 bits per heavy atom. The SMILES string of the molecule is [2H]c1c([2H])c(N(c2ccc(-c3ccc(-c4ccccc4)cc3)cc2)c2c([2H])c([2H])c(-c3cccc(-n4c5ccccc5c5ccccc54)c3)c([2H])c2[2H])c([2H])c([2H])c1-c1ccccc1. The number of benzene rings is 9. The van der Waals surface area contributed by atoms with Crippen LogP contribution in [0.15, 0.2) is 230 Å². The van der Waals surface area contributed by atoms with Crippen molar-refractivity contribution in [2.45, 2.75) is 0 Å². The Morgan fingerprint density at radius 3 is 1.21 bits per heavy atom. The van der Waals surface area contributed by atoms with Crippen LogP contribution in [0.2, 0.25) is 0 Å². The van der Waals surface area contributed by atoms with Gasteiger partial charge in [0.1, 0.15) is 0 Å². The van der Waals surface area contributed by atoms with Crippen molar-refractivity contribution in [3.05, 3.63) is 230 Å². The van der Waals surface area contributed by atoms with Crippen molar-refractivity contribution in [2.24, 2.45) is 0 Å². The molecule has 0 amide bonds. The zero-order valence-electron chi connectivity index (χ0n) is 38.2. The zero-order valence-corrected chi connectivity index (χ0v) is 30.2. The van der Waals surface area contributed by atoms with Crippen molar-refractivity contribution in [1.29, 1.82) is 0 Å². The average molecular weight is 723 g/mol. The van der Waals surface area contributed by atoms with Crippen molar-refractivity contribution < 1.29 is 11.0 Å². The molecule has 10 rings (SSSR count). The number of para-hydroxylation sites is 2. The zero-order chi connectivity index (χ0) is 44.2. The molecule has 0 saturated heterocycles. The average Bonchev–Trinajstić information content (AvgIpc) is 3.68. The van der Waals surface area contributed by atoms with Gasteiger partial charge >= 0.3 is 0 Å². The summed E-state index contributed by atoms with van der Waals surface area (Å²) < 4.78 is 77.5. The number of rotatable bonds is 8. The standard InChI is InChI=1S/C54H38N2/c1-3-12-39(13-4-1)41-22-24-42(25-23-41)44-28-34-48(35-29-44)55(47-32-26-43(27-33-47)40-14-5-2-6-15-40)49-36-30-45(31-37-49)46-16-11-17-50(38-46)56-53-20-9-7-18-51(53)52-19-8-10-21-54(52)56/h1-38H/i26D,27D,30D,31D,32D,33D,36D,37D. The summed E-state index contributed by atoms with van der Waals surface area (Å²) >= 11 is 0. The number of aromatic nitrogens is 1. The first kappa shape index (κ1) is 25.6. The fourth-order valence-corrected chi connectivity index (χ4v) is 7.39. The van der Waals surface area contributed by atoms with Gasteiger partial charge in [0.25, 0.3) is 0 Å². The van der Waals surface area contributed by atoms with E-state index in [4.69, 9.17) is 0 Å². The maximum absolute atomic E-state index is 9.60. The minimum atomic E-state index is -0.400. The van der Waals surface area contributed by atoms with Gasteiger partial charge < -0.3 is 9.47 Å². The Morgan fingerprint density at radius 2 is 0.696 bits per heavy atom. The van der Waals surface area contributed by atoms with Crippen molar-refractivity contribution in [2.75, 3.05) is 4.90 Å². The Hall–Kier alpha value is -7.42. The Kier molecular flexibility index (Phi) is 6.59. The van der Waals surface area contributed by atoms with E-state index in [2.05, 4.69) is 28.8 Å². The first-order chi connectivity index (χ1) is 31.1. The summed E-state index contributed by atoms with van der Waals surface area (Å²) in [4.78, 5) is 1.34. The summed E-state index contributed by atoms with van der Waals surface area (Å²) in [5, 5.41) is 2.16. The van der Waals surface area contributed by atoms with Crippen LogP contribution in [0.1, 0.15) is 11.0 Å². The molecule has 1 aromatic heterocycles. The molecule has 0 aliphatic heterocycles. The van der Waals surface area contributed by atoms with Gasteiger partial charge in [-0.05, 0) is 105 Å². The van der Waals surface area contributed by atoms with E-state index in [9.17, 15) is 11.0 Å². The van der Waals surface area contributed by atoms with Gasteiger partial charge in [-0.25, -0.2) is 0 Å². The normalized spacial score (nSPS) is 13.2. The number of anilines is 3. The maximum Gasteiger partial charge on any atom is 0.0645 e. The fourth-order valence-electron chi connectivity index (χ4n) is 7.39. The lowest BCUT2D eigenvalue weighted by Gasteiger charge is -2.26. The quantitative estimate of drug-likeness (QED) is 0.152. The third kappa shape index (κ3) is 6.24. The highest BCUT2D eigenvalue weighted by molar-refractivity contribution is 6.09. The minimum absolute atomic E-state index is 0.0922. The van der Waals surface area contributed by atoms with Gasteiger partial charge in [-0.15, -0.1) is 0 Å². The van der Waals surface area contributed by atoms with Crippen LogP contribution in [0.3, 0.4) is 0 Å². The monoisotopic (exact) mass is 722 g/mol. The van der Waals surface area contributed by atoms with Crippen LogP contribution < -0.4 is 4.90 Å². The van der Waals surface area contributed by atoms with Crippen LogP contribution in [0.4, 0.5) is 17.1 Å². The molecular formula is C54H38N2. The molecule has 10 aromatic rings. The molecule has 264 valence electrons. The number of hydrogen-bond donors (Lipinski definition) is 0. The lowest BCUT2D eigenvalue weighted by atomic mass is 10.00. The van der Waals surface area contributed by atoms with Crippen LogP contribution >= 0.6 is 0 Å². The highest BCUT2D eigenvalue weighted by atomic mass is 15.1. The van der Waals surface area contributed by atoms with E-state index in [-0.39, 0.29) is 58.8 Å². The summed E-state index contributed by atoms with van der Waals surface area (Å²) in [6.45, 7) is 0. The van der Waals surface area contributed by atoms with Gasteiger partial charge in [0.15, 0.2) is 0 Å². The molecular weight excluding hydrogens is 677 g/mol. The fraction of sp³-hybridized carbons (Fsp3) is 0. The molecule has 0 radical (unpaired) electrons. The summed E-state index contributed by atoms with van der Waals surface area (Å²) in [6.07, 6.45) is 0. The maximum atomic E-state index is 9.60. The van der Waals surface area contributed by atoms with Crippen LogP contribution in [-0.4, -0.2) is 4.57 Å². The van der Waals surface area contributed by atoms with Crippen molar-refractivity contribution in [3.63, 3.8) is 0 Å². The topological polar surface area (TPSA) is 8.17 Å². The Labute approximate surface area is 339 Å². The predicted molar refractivity (Wildman–Crippen MR) is 237 cm³/mol. The lowest BCUT2D eigenvalue weighted by molar-refractivity contribution is 1.18. The van der Waals surface area contributed by atoms with Crippen molar-refractivity contribution in [3.8, 4) is 50.2 Å². The van der Waals surface area contributed by atoms with Crippen molar-refractivity contribution in [1.82, 2.24) is 4.57 Å². The second kappa shape index (κ2) is 14.4. The molecule has 1 heterocycles. The van der Waals surface area contributed by atoms with E-state index in [1.165, 1.54) is 4.90 Å². The molecule has 0 saturated carbocycles. The summed E-state index contributed by atoms with van der Waals surface area (Å²) in [6, 6.07) is 55.1. The molecule has 0 bridgehead atoms. The molecule has 0 unspecified atom stereocenters. The molecule has 0 N–H and O–H groups in total. The molecule has 2 heteroatoms. The third-order valence-electron chi connectivity index (χ3n) is 10.2. The number of fused-ring (bicyclic) bond motifs is 3. The largest absolute Gasteiger partial charge is 0.311 e. The summed E-state index contributed by atoms with van der Waals surface area (Å²) in [5.74, 6) is 0. The molecule has 56 heavy (non-hydrogen) atoms. The van der Waals surface area contributed by atoms with Gasteiger partial charge in [0.2, 0.25) is 0 Å². The summed E-state index contributed by atoms with van der Waals surface area (Å²) in [7, 11) is 0.